The summed E-state index contributed by atoms with van der Waals surface area (Å²) in [5.41, 5.74) is 1.95. The Bertz CT molecular complexity index is 571. The van der Waals surface area contributed by atoms with E-state index in [1.54, 1.807) is 6.20 Å². The Morgan fingerprint density at radius 3 is 2.71 bits per heavy atom. The molecule has 0 aliphatic heterocycles. The van der Waals surface area contributed by atoms with Crippen LogP contribution in [0.1, 0.15) is 37.4 Å². The molecular formula is C12H13Cl2N3. The third-order valence-electron chi connectivity index (χ3n) is 3.57. The normalized spacial score (nSPS) is 17.1. The van der Waals surface area contributed by atoms with Crippen molar-refractivity contribution in [1.82, 2.24) is 14.5 Å². The zero-order valence-corrected chi connectivity index (χ0v) is 11.1. The van der Waals surface area contributed by atoms with Crippen molar-refractivity contribution in [2.24, 2.45) is 0 Å². The molecule has 0 unspecified atom stereocenters. The van der Waals surface area contributed by atoms with Crippen LogP contribution in [0.25, 0.3) is 11.0 Å². The molecule has 0 spiro atoms. The van der Waals surface area contributed by atoms with Crippen LogP contribution in [0, 0.1) is 6.92 Å². The Labute approximate surface area is 110 Å². The number of hydrogen-bond donors (Lipinski definition) is 0. The fourth-order valence-corrected chi connectivity index (χ4v) is 3.11. The first-order valence-corrected chi connectivity index (χ1v) is 6.62. The van der Waals surface area contributed by atoms with Gasteiger partial charge >= 0.3 is 0 Å². The summed E-state index contributed by atoms with van der Waals surface area (Å²) in [6, 6.07) is 0.510. The predicted molar refractivity (Wildman–Crippen MR) is 69.8 cm³/mol. The molecule has 2 heterocycles. The van der Waals surface area contributed by atoms with Gasteiger partial charge in [0.25, 0.3) is 0 Å². The highest BCUT2D eigenvalue weighted by molar-refractivity contribution is 6.36. The zero-order valence-electron chi connectivity index (χ0n) is 9.58. The summed E-state index contributed by atoms with van der Waals surface area (Å²) >= 11 is 12.2. The van der Waals surface area contributed by atoms with Gasteiger partial charge in [-0.25, -0.2) is 4.98 Å². The van der Waals surface area contributed by atoms with Crippen LogP contribution in [-0.2, 0) is 0 Å². The second-order valence-electron chi connectivity index (χ2n) is 4.58. The third kappa shape index (κ3) is 1.72. The van der Waals surface area contributed by atoms with Gasteiger partial charge in [-0.1, -0.05) is 24.4 Å². The van der Waals surface area contributed by atoms with Gasteiger partial charge in [0.2, 0.25) is 5.28 Å². The third-order valence-corrected chi connectivity index (χ3v) is 4.23. The number of halogens is 2. The van der Waals surface area contributed by atoms with Gasteiger partial charge in [-0.15, -0.1) is 0 Å². The molecule has 2 aromatic rings. The molecule has 17 heavy (non-hydrogen) atoms. The molecule has 0 atom stereocenters. The standard InChI is InChI=1S/C12H13Cl2N3/c1-7-10(13)9-6-15-12(14)16-11(9)17(7)8-4-2-3-5-8/h6,8H,2-5H2,1H3. The smallest absolute Gasteiger partial charge is 0.224 e. The van der Waals surface area contributed by atoms with Crippen molar-refractivity contribution in [3.8, 4) is 0 Å². The van der Waals surface area contributed by atoms with Gasteiger partial charge in [0.1, 0.15) is 5.65 Å². The first-order valence-electron chi connectivity index (χ1n) is 5.87. The van der Waals surface area contributed by atoms with Crippen molar-refractivity contribution in [1.29, 1.82) is 0 Å². The van der Waals surface area contributed by atoms with E-state index in [0.29, 0.717) is 6.04 Å². The second-order valence-corrected chi connectivity index (χ2v) is 5.30. The molecule has 1 aliphatic rings. The van der Waals surface area contributed by atoms with E-state index in [9.17, 15) is 0 Å². The summed E-state index contributed by atoms with van der Waals surface area (Å²) in [5.74, 6) is 0. The number of rotatable bonds is 1. The predicted octanol–water partition coefficient (Wildman–Crippen LogP) is 4.16. The second kappa shape index (κ2) is 4.14. The summed E-state index contributed by atoms with van der Waals surface area (Å²) in [6.45, 7) is 2.04. The minimum Gasteiger partial charge on any atom is -0.325 e. The van der Waals surface area contributed by atoms with Crippen LogP contribution in [0.4, 0.5) is 0 Å². The van der Waals surface area contributed by atoms with Gasteiger partial charge in [-0.05, 0) is 31.4 Å². The molecule has 0 saturated heterocycles. The molecule has 0 amide bonds. The highest BCUT2D eigenvalue weighted by Gasteiger charge is 2.23. The van der Waals surface area contributed by atoms with Gasteiger partial charge < -0.3 is 4.57 Å². The summed E-state index contributed by atoms with van der Waals surface area (Å²) in [7, 11) is 0. The SMILES string of the molecule is Cc1c(Cl)c2cnc(Cl)nc2n1C1CCCC1. The lowest BCUT2D eigenvalue weighted by Crippen LogP contribution is -2.07. The van der Waals surface area contributed by atoms with Crippen molar-refractivity contribution in [3.63, 3.8) is 0 Å². The minimum atomic E-state index is 0.283. The maximum absolute atomic E-state index is 6.33. The Balaban J connectivity index is 2.27. The number of hydrogen-bond acceptors (Lipinski definition) is 2. The molecule has 90 valence electrons. The van der Waals surface area contributed by atoms with Gasteiger partial charge in [0, 0.05) is 17.9 Å². The van der Waals surface area contributed by atoms with Crippen LogP contribution < -0.4 is 0 Å². The quantitative estimate of drug-likeness (QED) is 0.728. The highest BCUT2D eigenvalue weighted by atomic mass is 35.5. The van der Waals surface area contributed by atoms with E-state index in [-0.39, 0.29) is 5.28 Å². The average Bonchev–Trinajstić information content (AvgIpc) is 2.88. The van der Waals surface area contributed by atoms with Gasteiger partial charge in [-0.3, -0.25) is 0 Å². The van der Waals surface area contributed by atoms with E-state index in [2.05, 4.69) is 14.5 Å². The summed E-state index contributed by atoms with van der Waals surface area (Å²) in [6.07, 6.45) is 6.66. The molecule has 5 heteroatoms. The topological polar surface area (TPSA) is 30.7 Å². The molecule has 3 rings (SSSR count). The Morgan fingerprint density at radius 2 is 2.00 bits per heavy atom. The highest BCUT2D eigenvalue weighted by Crippen LogP contribution is 2.37. The van der Waals surface area contributed by atoms with Gasteiger partial charge in [0.05, 0.1) is 10.4 Å². The molecule has 0 bridgehead atoms. The summed E-state index contributed by atoms with van der Waals surface area (Å²) in [5, 5.41) is 1.94. The van der Waals surface area contributed by atoms with E-state index in [1.165, 1.54) is 25.7 Å². The monoisotopic (exact) mass is 269 g/mol. The van der Waals surface area contributed by atoms with E-state index >= 15 is 0 Å². The summed E-state index contributed by atoms with van der Waals surface area (Å²) in [4.78, 5) is 8.34. The van der Waals surface area contributed by atoms with Crippen LogP contribution in [-0.4, -0.2) is 14.5 Å². The van der Waals surface area contributed by atoms with Crippen LogP contribution in [0.15, 0.2) is 6.20 Å². The first kappa shape index (κ1) is 11.3. The number of aromatic nitrogens is 3. The van der Waals surface area contributed by atoms with Gasteiger partial charge in [-0.2, -0.15) is 4.98 Å². The van der Waals surface area contributed by atoms with Crippen LogP contribution in [0.3, 0.4) is 0 Å². The molecule has 0 radical (unpaired) electrons. The number of nitrogens with zero attached hydrogens (tertiary/aromatic N) is 3. The van der Waals surface area contributed by atoms with Crippen molar-refractivity contribution in [2.75, 3.05) is 0 Å². The van der Waals surface area contributed by atoms with Crippen molar-refractivity contribution < 1.29 is 0 Å². The van der Waals surface area contributed by atoms with E-state index in [1.807, 2.05) is 6.92 Å². The fourth-order valence-electron chi connectivity index (χ4n) is 2.76. The first-order chi connectivity index (χ1) is 8.18. The van der Waals surface area contributed by atoms with Crippen molar-refractivity contribution in [2.45, 2.75) is 38.6 Å². The maximum Gasteiger partial charge on any atom is 0.224 e. The Hall–Kier alpha value is -0.800. The van der Waals surface area contributed by atoms with Crippen LogP contribution in [0.5, 0.6) is 0 Å². The molecule has 1 fully saturated rings. The molecule has 3 nitrogen and oxygen atoms in total. The maximum atomic E-state index is 6.33. The molecule has 1 aliphatic carbocycles. The number of fused-ring (bicyclic) bond motifs is 1. The molecular weight excluding hydrogens is 257 g/mol. The molecule has 0 aromatic carbocycles. The van der Waals surface area contributed by atoms with Crippen LogP contribution in [0.2, 0.25) is 10.3 Å². The van der Waals surface area contributed by atoms with Crippen molar-refractivity contribution in [3.05, 3.63) is 22.2 Å². The lowest BCUT2D eigenvalue weighted by molar-refractivity contribution is 0.522. The zero-order chi connectivity index (χ0) is 12.0. The van der Waals surface area contributed by atoms with E-state index < -0.39 is 0 Å². The fraction of sp³-hybridized carbons (Fsp3) is 0.500. The summed E-state index contributed by atoms with van der Waals surface area (Å²) < 4.78 is 2.23. The van der Waals surface area contributed by atoms with E-state index in [0.717, 1.165) is 21.7 Å². The Morgan fingerprint density at radius 1 is 1.29 bits per heavy atom. The molecule has 2 aromatic heterocycles. The molecule has 0 N–H and O–H groups in total. The average molecular weight is 270 g/mol. The largest absolute Gasteiger partial charge is 0.325 e. The van der Waals surface area contributed by atoms with Crippen molar-refractivity contribution >= 4 is 34.2 Å². The minimum absolute atomic E-state index is 0.283. The van der Waals surface area contributed by atoms with Crippen LogP contribution >= 0.6 is 23.2 Å². The van der Waals surface area contributed by atoms with E-state index in [4.69, 9.17) is 23.2 Å². The molecule has 1 saturated carbocycles. The Kier molecular flexibility index (Phi) is 2.75. The lowest BCUT2D eigenvalue weighted by atomic mass is 10.2. The lowest BCUT2D eigenvalue weighted by Gasteiger charge is -2.15. The van der Waals surface area contributed by atoms with Gasteiger partial charge in [0.15, 0.2) is 0 Å².